The predicted octanol–water partition coefficient (Wildman–Crippen LogP) is 3.82. The molecule has 2 amide bonds. The molecule has 1 aromatic rings. The van der Waals surface area contributed by atoms with Crippen LogP contribution in [-0.2, 0) is 9.53 Å². The number of amides is 2. The largest absolute Gasteiger partial charge is 0.382 e. The molecule has 0 bridgehead atoms. The Morgan fingerprint density at radius 2 is 1.93 bits per heavy atom. The number of nitrogens with one attached hydrogen (secondary N) is 2. The minimum absolute atomic E-state index is 0.0243. The van der Waals surface area contributed by atoms with E-state index in [0.29, 0.717) is 43.3 Å². The Labute approximate surface area is 169 Å². The van der Waals surface area contributed by atoms with Crippen LogP contribution >= 0.6 is 0 Å². The van der Waals surface area contributed by atoms with Crippen molar-refractivity contribution in [1.82, 2.24) is 5.32 Å². The number of nitrogens with zero attached hydrogens (tertiary/aromatic N) is 1. The van der Waals surface area contributed by atoms with Gasteiger partial charge in [0.1, 0.15) is 0 Å². The first-order valence-electron chi connectivity index (χ1n) is 10.6. The van der Waals surface area contributed by atoms with Crippen molar-refractivity contribution in [3.8, 4) is 0 Å². The molecule has 0 spiro atoms. The van der Waals surface area contributed by atoms with Crippen LogP contribution < -0.4 is 15.5 Å². The first-order valence-corrected chi connectivity index (χ1v) is 10.6. The van der Waals surface area contributed by atoms with Crippen molar-refractivity contribution in [3.05, 3.63) is 23.8 Å². The number of piperidine rings is 1. The third kappa shape index (κ3) is 7.15. The summed E-state index contributed by atoms with van der Waals surface area (Å²) in [6.07, 6.45) is 4.76. The molecule has 2 rings (SSSR count). The zero-order valence-corrected chi connectivity index (χ0v) is 17.6. The summed E-state index contributed by atoms with van der Waals surface area (Å²) in [5, 5.41) is 5.92. The molecule has 0 saturated carbocycles. The molecule has 0 aromatic heterocycles. The van der Waals surface area contributed by atoms with Crippen LogP contribution in [-0.4, -0.2) is 44.7 Å². The van der Waals surface area contributed by atoms with Gasteiger partial charge < -0.3 is 20.3 Å². The molecule has 0 atom stereocenters. The molecule has 2 N–H and O–H groups in total. The van der Waals surface area contributed by atoms with Gasteiger partial charge in [-0.1, -0.05) is 13.8 Å². The van der Waals surface area contributed by atoms with Gasteiger partial charge in [0.05, 0.1) is 5.56 Å². The van der Waals surface area contributed by atoms with Crippen LogP contribution in [0.25, 0.3) is 0 Å². The monoisotopic (exact) mass is 389 g/mol. The highest BCUT2D eigenvalue weighted by atomic mass is 16.5. The summed E-state index contributed by atoms with van der Waals surface area (Å²) in [6.45, 7) is 9.81. The average molecular weight is 390 g/mol. The first-order chi connectivity index (χ1) is 13.5. The number of ether oxygens (including phenoxy) is 1. The number of rotatable bonds is 10. The molecule has 1 aromatic carbocycles. The van der Waals surface area contributed by atoms with Crippen LogP contribution in [0.3, 0.4) is 0 Å². The number of carbonyl (C=O) groups excluding carboxylic acids is 2. The van der Waals surface area contributed by atoms with E-state index < -0.39 is 0 Å². The fraction of sp³-hybridized carbons (Fsp3) is 0.636. The third-order valence-corrected chi connectivity index (χ3v) is 4.77. The van der Waals surface area contributed by atoms with Crippen LogP contribution in [0.5, 0.6) is 0 Å². The summed E-state index contributed by atoms with van der Waals surface area (Å²) in [7, 11) is 0. The first kappa shape index (κ1) is 22.2. The second-order valence-corrected chi connectivity index (χ2v) is 7.73. The SMILES string of the molecule is CCOCCCNC(=O)c1cc(NC(=O)CC(C)C)ccc1N1CCCCC1. The lowest BCUT2D eigenvalue weighted by molar-refractivity contribution is -0.116. The Balaban J connectivity index is 2.12. The second-order valence-electron chi connectivity index (χ2n) is 7.73. The van der Waals surface area contributed by atoms with Gasteiger partial charge in [-0.15, -0.1) is 0 Å². The van der Waals surface area contributed by atoms with Gasteiger partial charge in [0.15, 0.2) is 0 Å². The topological polar surface area (TPSA) is 70.7 Å². The van der Waals surface area contributed by atoms with Gasteiger partial charge in [0, 0.05) is 50.6 Å². The molecule has 1 fully saturated rings. The van der Waals surface area contributed by atoms with Crippen LogP contribution in [0.2, 0.25) is 0 Å². The van der Waals surface area contributed by atoms with Crippen molar-refractivity contribution in [2.45, 2.75) is 52.9 Å². The number of carbonyl (C=O) groups is 2. The van der Waals surface area contributed by atoms with Gasteiger partial charge in [-0.3, -0.25) is 9.59 Å². The van der Waals surface area contributed by atoms with Gasteiger partial charge in [-0.25, -0.2) is 0 Å². The summed E-state index contributed by atoms with van der Waals surface area (Å²) in [5.74, 6) is 0.168. The molecule has 156 valence electrons. The highest BCUT2D eigenvalue weighted by molar-refractivity contribution is 6.02. The van der Waals surface area contributed by atoms with Crippen LogP contribution in [0.1, 0.15) is 63.2 Å². The smallest absolute Gasteiger partial charge is 0.253 e. The molecule has 1 aliphatic rings. The van der Waals surface area contributed by atoms with Crippen LogP contribution in [0.15, 0.2) is 18.2 Å². The fourth-order valence-electron chi connectivity index (χ4n) is 3.40. The zero-order chi connectivity index (χ0) is 20.4. The van der Waals surface area contributed by atoms with Gasteiger partial charge in [0.25, 0.3) is 5.91 Å². The fourth-order valence-corrected chi connectivity index (χ4v) is 3.40. The van der Waals surface area contributed by atoms with E-state index in [1.54, 1.807) is 6.07 Å². The Morgan fingerprint density at radius 3 is 2.61 bits per heavy atom. The summed E-state index contributed by atoms with van der Waals surface area (Å²) in [5.41, 5.74) is 2.25. The van der Waals surface area contributed by atoms with Gasteiger partial charge >= 0.3 is 0 Å². The normalized spacial score (nSPS) is 14.2. The van der Waals surface area contributed by atoms with Crippen molar-refractivity contribution in [2.75, 3.05) is 43.1 Å². The molecular weight excluding hydrogens is 354 g/mol. The maximum atomic E-state index is 12.9. The van der Waals surface area contributed by atoms with E-state index in [2.05, 4.69) is 15.5 Å². The number of hydrogen-bond acceptors (Lipinski definition) is 4. The molecule has 6 heteroatoms. The van der Waals surface area contributed by atoms with E-state index in [0.717, 1.165) is 38.0 Å². The summed E-state index contributed by atoms with van der Waals surface area (Å²) in [4.78, 5) is 27.3. The maximum Gasteiger partial charge on any atom is 0.253 e. The van der Waals surface area contributed by atoms with Crippen molar-refractivity contribution >= 4 is 23.2 Å². The molecule has 0 radical (unpaired) electrons. The molecule has 0 aliphatic carbocycles. The summed E-state index contributed by atoms with van der Waals surface area (Å²) >= 11 is 0. The van der Waals surface area contributed by atoms with Crippen LogP contribution in [0.4, 0.5) is 11.4 Å². The highest BCUT2D eigenvalue weighted by Crippen LogP contribution is 2.27. The number of benzene rings is 1. The minimum atomic E-state index is -0.1000. The molecule has 0 unspecified atom stereocenters. The Bertz CT molecular complexity index is 640. The quantitative estimate of drug-likeness (QED) is 0.597. The van der Waals surface area contributed by atoms with Crippen molar-refractivity contribution in [3.63, 3.8) is 0 Å². The average Bonchev–Trinajstić information content (AvgIpc) is 2.67. The standard InChI is InChI=1S/C22H35N3O3/c1-4-28-14-8-11-23-22(27)19-16-18(24-21(26)15-17(2)3)9-10-20(19)25-12-6-5-7-13-25/h9-10,16-17H,4-8,11-15H2,1-3H3,(H,23,27)(H,24,26). The highest BCUT2D eigenvalue weighted by Gasteiger charge is 2.19. The molecule has 1 saturated heterocycles. The lowest BCUT2D eigenvalue weighted by Gasteiger charge is -2.30. The predicted molar refractivity (Wildman–Crippen MR) is 114 cm³/mol. The number of hydrogen-bond donors (Lipinski definition) is 2. The maximum absolute atomic E-state index is 12.9. The van der Waals surface area contributed by atoms with Gasteiger partial charge in [0.2, 0.25) is 5.91 Å². The summed E-state index contributed by atoms with van der Waals surface area (Å²) < 4.78 is 5.33. The summed E-state index contributed by atoms with van der Waals surface area (Å²) in [6, 6.07) is 5.67. The molecule has 28 heavy (non-hydrogen) atoms. The van der Waals surface area contributed by atoms with E-state index in [1.165, 1.54) is 6.42 Å². The zero-order valence-electron chi connectivity index (χ0n) is 17.6. The van der Waals surface area contributed by atoms with Crippen molar-refractivity contribution in [1.29, 1.82) is 0 Å². The Hall–Kier alpha value is -2.08. The van der Waals surface area contributed by atoms with Crippen molar-refractivity contribution in [2.24, 2.45) is 5.92 Å². The molecule has 1 heterocycles. The van der Waals surface area contributed by atoms with E-state index in [-0.39, 0.29) is 11.8 Å². The molecule has 6 nitrogen and oxygen atoms in total. The van der Waals surface area contributed by atoms with E-state index >= 15 is 0 Å². The van der Waals surface area contributed by atoms with E-state index in [9.17, 15) is 9.59 Å². The van der Waals surface area contributed by atoms with Gasteiger partial charge in [-0.2, -0.15) is 0 Å². The van der Waals surface area contributed by atoms with Crippen molar-refractivity contribution < 1.29 is 14.3 Å². The second kappa shape index (κ2) is 11.7. The van der Waals surface area contributed by atoms with Crippen LogP contribution in [0, 0.1) is 5.92 Å². The van der Waals surface area contributed by atoms with E-state index in [1.807, 2.05) is 32.9 Å². The lowest BCUT2D eigenvalue weighted by atomic mass is 10.1. The number of anilines is 2. The van der Waals surface area contributed by atoms with Gasteiger partial charge in [-0.05, 0) is 56.7 Å². The Kier molecular flexibility index (Phi) is 9.28. The Morgan fingerprint density at radius 1 is 1.18 bits per heavy atom. The minimum Gasteiger partial charge on any atom is -0.382 e. The third-order valence-electron chi connectivity index (χ3n) is 4.77. The lowest BCUT2D eigenvalue weighted by Crippen LogP contribution is -2.33. The van der Waals surface area contributed by atoms with E-state index in [4.69, 9.17) is 4.74 Å². The molecular formula is C22H35N3O3. The molecule has 1 aliphatic heterocycles.